The van der Waals surface area contributed by atoms with Crippen LogP contribution < -0.4 is 0 Å². The molecule has 0 unspecified atom stereocenters. The fraction of sp³-hybridized carbons (Fsp3) is 0.240. The Morgan fingerprint density at radius 3 is 1.52 bits per heavy atom. The first-order chi connectivity index (χ1) is 12.4. The number of aryl methyl sites for hydroxylation is 2. The zero-order valence-corrected chi connectivity index (χ0v) is 14.9. The van der Waals surface area contributed by atoms with Gasteiger partial charge in [0.2, 0.25) is 0 Å². The number of hydrogen-bond acceptors (Lipinski definition) is 0. The molecule has 0 heteroatoms. The second-order valence-electron chi connectivity index (χ2n) is 6.74. The smallest absolute Gasteiger partial charge is 0.0194 e. The average Bonchev–Trinajstić information content (AvgIpc) is 2.68. The lowest BCUT2D eigenvalue weighted by Crippen LogP contribution is -2.05. The highest BCUT2D eigenvalue weighted by atomic mass is 14.2. The SMILES string of the molecule is c1ccc(CCC[C](CCc2ccccc2)Cc2ccccc2)cc1. The Morgan fingerprint density at radius 2 is 0.960 bits per heavy atom. The van der Waals surface area contributed by atoms with Crippen molar-refractivity contribution in [2.24, 2.45) is 0 Å². The van der Waals surface area contributed by atoms with Crippen molar-refractivity contribution in [3.05, 3.63) is 114 Å². The van der Waals surface area contributed by atoms with Gasteiger partial charge in [0.25, 0.3) is 0 Å². The van der Waals surface area contributed by atoms with Crippen LogP contribution in [0.1, 0.15) is 36.0 Å². The number of rotatable bonds is 9. The van der Waals surface area contributed by atoms with Crippen LogP contribution in [0.15, 0.2) is 91.0 Å². The Kier molecular flexibility index (Phi) is 6.88. The quantitative estimate of drug-likeness (QED) is 0.423. The molecule has 127 valence electrons. The molecule has 1 radical (unpaired) electrons. The van der Waals surface area contributed by atoms with Crippen LogP contribution in [-0.2, 0) is 19.3 Å². The second-order valence-corrected chi connectivity index (χ2v) is 6.74. The van der Waals surface area contributed by atoms with Crippen LogP contribution in [-0.4, -0.2) is 0 Å². The van der Waals surface area contributed by atoms with Crippen LogP contribution >= 0.6 is 0 Å². The van der Waals surface area contributed by atoms with E-state index in [0.29, 0.717) is 0 Å². The van der Waals surface area contributed by atoms with Crippen LogP contribution in [0.2, 0.25) is 0 Å². The van der Waals surface area contributed by atoms with E-state index in [9.17, 15) is 0 Å². The molecule has 0 aliphatic rings. The molecule has 0 heterocycles. The van der Waals surface area contributed by atoms with Gasteiger partial charge in [-0.15, -0.1) is 0 Å². The van der Waals surface area contributed by atoms with Crippen molar-refractivity contribution in [3.8, 4) is 0 Å². The molecule has 0 N–H and O–H groups in total. The molecular weight excluding hydrogens is 300 g/mol. The maximum atomic E-state index is 2.25. The first-order valence-corrected chi connectivity index (χ1v) is 9.35. The fourth-order valence-corrected chi connectivity index (χ4v) is 3.34. The molecular formula is C25H27. The van der Waals surface area contributed by atoms with E-state index in [1.807, 2.05) is 0 Å². The maximum absolute atomic E-state index is 2.25. The van der Waals surface area contributed by atoms with E-state index in [-0.39, 0.29) is 0 Å². The average molecular weight is 327 g/mol. The van der Waals surface area contributed by atoms with Gasteiger partial charge in [0.15, 0.2) is 0 Å². The van der Waals surface area contributed by atoms with Crippen LogP contribution in [0.5, 0.6) is 0 Å². The minimum Gasteiger partial charge on any atom is -0.0622 e. The Hall–Kier alpha value is -2.34. The van der Waals surface area contributed by atoms with Gasteiger partial charge >= 0.3 is 0 Å². The van der Waals surface area contributed by atoms with Crippen LogP contribution in [0.4, 0.5) is 0 Å². The highest BCUT2D eigenvalue weighted by Gasteiger charge is 2.11. The van der Waals surface area contributed by atoms with Gasteiger partial charge in [-0.25, -0.2) is 0 Å². The van der Waals surface area contributed by atoms with Crippen LogP contribution in [0.25, 0.3) is 0 Å². The molecule has 0 fully saturated rings. The Bertz CT molecular complexity index is 701. The molecule has 0 aliphatic heterocycles. The summed E-state index contributed by atoms with van der Waals surface area (Å²) in [5, 5.41) is 0. The normalized spacial score (nSPS) is 10.9. The van der Waals surface area contributed by atoms with Gasteiger partial charge in [-0.1, -0.05) is 91.0 Å². The molecule has 0 nitrogen and oxygen atoms in total. The summed E-state index contributed by atoms with van der Waals surface area (Å²) in [5.41, 5.74) is 4.33. The third-order valence-corrected chi connectivity index (χ3v) is 4.75. The summed E-state index contributed by atoms with van der Waals surface area (Å²) in [6, 6.07) is 32.6. The molecule has 0 atom stereocenters. The summed E-state index contributed by atoms with van der Waals surface area (Å²) in [5.74, 6) is 1.67. The summed E-state index contributed by atoms with van der Waals surface area (Å²) in [7, 11) is 0. The van der Waals surface area contributed by atoms with Gasteiger partial charge < -0.3 is 0 Å². The maximum Gasteiger partial charge on any atom is -0.0194 e. The van der Waals surface area contributed by atoms with E-state index < -0.39 is 0 Å². The number of hydrogen-bond donors (Lipinski definition) is 0. The predicted molar refractivity (Wildman–Crippen MR) is 108 cm³/mol. The molecule has 25 heavy (non-hydrogen) atoms. The van der Waals surface area contributed by atoms with Crippen molar-refractivity contribution in [1.29, 1.82) is 0 Å². The topological polar surface area (TPSA) is 0 Å². The standard InChI is InChI=1S/C25H27/c1-4-11-22(12-5-1)17-10-18-25(21-24-15-8-3-9-16-24)20-19-23-13-6-2-7-14-23/h1-9,11-16H,10,17-21H2. The third kappa shape index (κ3) is 6.23. The first-order valence-electron chi connectivity index (χ1n) is 9.35. The lowest BCUT2D eigenvalue weighted by molar-refractivity contribution is 0.647. The van der Waals surface area contributed by atoms with Crippen molar-refractivity contribution in [1.82, 2.24) is 0 Å². The predicted octanol–water partition coefficient (Wildman–Crippen LogP) is 6.46. The van der Waals surface area contributed by atoms with E-state index in [2.05, 4.69) is 91.0 Å². The lowest BCUT2D eigenvalue weighted by atomic mass is 9.88. The van der Waals surface area contributed by atoms with Crippen molar-refractivity contribution >= 4 is 0 Å². The molecule has 3 aromatic rings. The second kappa shape index (κ2) is 9.84. The summed E-state index contributed by atoms with van der Waals surface area (Å²) >= 11 is 0. The van der Waals surface area contributed by atoms with Crippen molar-refractivity contribution in [2.75, 3.05) is 0 Å². The summed E-state index contributed by atoms with van der Waals surface area (Å²) < 4.78 is 0. The molecule has 0 spiro atoms. The Morgan fingerprint density at radius 1 is 0.480 bits per heavy atom. The monoisotopic (exact) mass is 327 g/mol. The number of benzene rings is 3. The highest BCUT2D eigenvalue weighted by Crippen LogP contribution is 2.23. The van der Waals surface area contributed by atoms with Gasteiger partial charge in [0.05, 0.1) is 0 Å². The lowest BCUT2D eigenvalue weighted by Gasteiger charge is -2.17. The van der Waals surface area contributed by atoms with Gasteiger partial charge in [0, 0.05) is 0 Å². The van der Waals surface area contributed by atoms with Gasteiger partial charge in [-0.2, -0.15) is 0 Å². The molecule has 3 rings (SSSR count). The molecule has 0 aliphatic carbocycles. The van der Waals surface area contributed by atoms with Crippen molar-refractivity contribution in [3.63, 3.8) is 0 Å². The summed E-state index contributed by atoms with van der Waals surface area (Å²) in [6.45, 7) is 0. The third-order valence-electron chi connectivity index (χ3n) is 4.75. The van der Waals surface area contributed by atoms with Crippen LogP contribution in [0, 0.1) is 5.92 Å². The van der Waals surface area contributed by atoms with Crippen LogP contribution in [0.3, 0.4) is 0 Å². The Labute approximate surface area is 152 Å². The summed E-state index contributed by atoms with van der Waals surface area (Å²) in [4.78, 5) is 0. The minimum absolute atomic E-state index is 1.11. The van der Waals surface area contributed by atoms with E-state index in [1.54, 1.807) is 5.92 Å². The fourth-order valence-electron chi connectivity index (χ4n) is 3.34. The van der Waals surface area contributed by atoms with E-state index in [4.69, 9.17) is 0 Å². The van der Waals surface area contributed by atoms with E-state index in [1.165, 1.54) is 42.4 Å². The molecule has 0 saturated carbocycles. The zero-order chi connectivity index (χ0) is 17.2. The van der Waals surface area contributed by atoms with Crippen molar-refractivity contribution in [2.45, 2.75) is 38.5 Å². The Balaban J connectivity index is 1.55. The molecule has 0 amide bonds. The summed E-state index contributed by atoms with van der Waals surface area (Å²) in [6.07, 6.45) is 7.08. The molecule has 0 bridgehead atoms. The van der Waals surface area contributed by atoms with Gasteiger partial charge in [0.1, 0.15) is 0 Å². The van der Waals surface area contributed by atoms with Crippen molar-refractivity contribution < 1.29 is 0 Å². The molecule has 0 aromatic heterocycles. The highest BCUT2D eigenvalue weighted by molar-refractivity contribution is 5.21. The zero-order valence-electron chi connectivity index (χ0n) is 14.9. The largest absolute Gasteiger partial charge is 0.0622 e. The van der Waals surface area contributed by atoms with E-state index in [0.717, 1.165) is 12.8 Å². The first kappa shape index (κ1) is 17.5. The molecule has 3 aromatic carbocycles. The van der Waals surface area contributed by atoms with E-state index >= 15 is 0 Å². The molecule has 0 saturated heterocycles. The van der Waals surface area contributed by atoms with Gasteiger partial charge in [-0.05, 0) is 61.1 Å². The minimum atomic E-state index is 1.11. The van der Waals surface area contributed by atoms with Gasteiger partial charge in [-0.3, -0.25) is 0 Å².